The smallest absolute Gasteiger partial charge is 0.331 e. The Balaban J connectivity index is 1.59. The summed E-state index contributed by atoms with van der Waals surface area (Å²) in [6, 6.07) is 18.2. The summed E-state index contributed by atoms with van der Waals surface area (Å²) in [7, 11) is 1.63. The van der Waals surface area contributed by atoms with Crippen molar-refractivity contribution in [1.82, 2.24) is 0 Å². The van der Waals surface area contributed by atoms with E-state index >= 15 is 0 Å². The van der Waals surface area contributed by atoms with Gasteiger partial charge in [0.1, 0.15) is 5.75 Å². The maximum absolute atomic E-state index is 12.2. The van der Waals surface area contributed by atoms with E-state index < -0.39 is 18.0 Å². The molecule has 1 N–H and O–H groups in total. The second-order valence-corrected chi connectivity index (χ2v) is 6.82. The molecule has 0 aliphatic rings. The predicted octanol–water partition coefficient (Wildman–Crippen LogP) is 5.09. The molecule has 148 valence electrons. The Morgan fingerprint density at radius 3 is 2.41 bits per heavy atom. The molecule has 0 saturated carbocycles. The average molecular weight is 410 g/mol. The highest BCUT2D eigenvalue weighted by Gasteiger charge is 2.16. The fourth-order valence-electron chi connectivity index (χ4n) is 2.68. The van der Waals surface area contributed by atoms with Crippen LogP contribution in [0.3, 0.4) is 0 Å². The van der Waals surface area contributed by atoms with Gasteiger partial charge in [-0.3, -0.25) is 4.79 Å². The van der Waals surface area contributed by atoms with Gasteiger partial charge in [0.25, 0.3) is 5.91 Å². The number of carbonyl (C=O) groups excluding carboxylic acids is 2. The summed E-state index contributed by atoms with van der Waals surface area (Å²) in [4.78, 5) is 24.2. The monoisotopic (exact) mass is 409 g/mol. The van der Waals surface area contributed by atoms with Crippen molar-refractivity contribution in [2.24, 2.45) is 0 Å². The number of hydrogen-bond acceptors (Lipinski definition) is 4. The van der Waals surface area contributed by atoms with E-state index in [1.807, 2.05) is 36.4 Å². The number of amides is 1. The SMILES string of the molecule is COc1ccc2cc(/C=C/C(=O)O[C@H](C)C(=O)Nc3ccc(Cl)cc3)ccc2c1. The maximum Gasteiger partial charge on any atom is 0.331 e. The number of ether oxygens (including phenoxy) is 2. The fraction of sp³-hybridized carbons (Fsp3) is 0.130. The number of carbonyl (C=O) groups is 2. The number of hydrogen-bond donors (Lipinski definition) is 1. The Bertz CT molecular complexity index is 1060. The first kappa shape index (κ1) is 20.4. The number of methoxy groups -OCH3 is 1. The van der Waals surface area contributed by atoms with E-state index in [1.165, 1.54) is 13.0 Å². The summed E-state index contributed by atoms with van der Waals surface area (Å²) in [5.74, 6) is -0.234. The van der Waals surface area contributed by atoms with E-state index in [2.05, 4.69) is 5.32 Å². The molecule has 29 heavy (non-hydrogen) atoms. The molecule has 0 aromatic heterocycles. The molecule has 3 aromatic carbocycles. The van der Waals surface area contributed by atoms with E-state index in [0.29, 0.717) is 10.7 Å². The lowest BCUT2D eigenvalue weighted by atomic mass is 10.1. The second kappa shape index (κ2) is 9.26. The zero-order chi connectivity index (χ0) is 20.8. The molecule has 5 nitrogen and oxygen atoms in total. The zero-order valence-corrected chi connectivity index (χ0v) is 16.8. The van der Waals surface area contributed by atoms with Gasteiger partial charge in [0, 0.05) is 16.8 Å². The Morgan fingerprint density at radius 2 is 1.69 bits per heavy atom. The zero-order valence-electron chi connectivity index (χ0n) is 16.0. The van der Waals surface area contributed by atoms with E-state index in [1.54, 1.807) is 37.5 Å². The van der Waals surface area contributed by atoms with Crippen molar-refractivity contribution >= 4 is 46.0 Å². The van der Waals surface area contributed by atoms with Gasteiger partial charge in [0.05, 0.1) is 7.11 Å². The summed E-state index contributed by atoms with van der Waals surface area (Å²) in [6.07, 6.45) is 2.01. The number of fused-ring (bicyclic) bond motifs is 1. The minimum atomic E-state index is -0.938. The lowest BCUT2D eigenvalue weighted by molar-refractivity contribution is -0.148. The first-order valence-electron chi connectivity index (χ1n) is 8.97. The molecule has 6 heteroatoms. The molecule has 0 fully saturated rings. The van der Waals surface area contributed by atoms with Crippen LogP contribution >= 0.6 is 11.6 Å². The molecule has 0 unspecified atom stereocenters. The van der Waals surface area contributed by atoms with Crippen molar-refractivity contribution in [1.29, 1.82) is 0 Å². The van der Waals surface area contributed by atoms with Crippen molar-refractivity contribution in [2.45, 2.75) is 13.0 Å². The molecule has 0 aliphatic carbocycles. The Hall–Kier alpha value is -3.31. The molecule has 0 aliphatic heterocycles. The average Bonchev–Trinajstić information content (AvgIpc) is 2.73. The largest absolute Gasteiger partial charge is 0.497 e. The van der Waals surface area contributed by atoms with Crippen molar-refractivity contribution in [3.05, 3.63) is 77.3 Å². The first-order valence-corrected chi connectivity index (χ1v) is 9.35. The highest BCUT2D eigenvalue weighted by atomic mass is 35.5. The van der Waals surface area contributed by atoms with Crippen LogP contribution in [0.25, 0.3) is 16.8 Å². The molecular weight excluding hydrogens is 390 g/mol. The van der Waals surface area contributed by atoms with Crippen molar-refractivity contribution in [3.63, 3.8) is 0 Å². The molecule has 1 amide bonds. The van der Waals surface area contributed by atoms with Crippen LogP contribution in [0.4, 0.5) is 5.69 Å². The summed E-state index contributed by atoms with van der Waals surface area (Å²) in [5.41, 5.74) is 1.42. The Labute approximate surface area is 173 Å². The summed E-state index contributed by atoms with van der Waals surface area (Å²) in [6.45, 7) is 1.51. The van der Waals surface area contributed by atoms with Gasteiger partial charge in [0.15, 0.2) is 6.10 Å². The van der Waals surface area contributed by atoms with E-state index in [4.69, 9.17) is 21.1 Å². The van der Waals surface area contributed by atoms with Crippen LogP contribution in [0.2, 0.25) is 5.02 Å². The number of benzene rings is 3. The van der Waals surface area contributed by atoms with Crippen molar-refractivity contribution < 1.29 is 19.1 Å². The number of anilines is 1. The van der Waals surface area contributed by atoms with Crippen LogP contribution in [-0.2, 0) is 14.3 Å². The van der Waals surface area contributed by atoms with Gasteiger partial charge >= 0.3 is 5.97 Å². The third kappa shape index (κ3) is 5.59. The summed E-state index contributed by atoms with van der Waals surface area (Å²) >= 11 is 5.82. The number of nitrogens with one attached hydrogen (secondary N) is 1. The minimum Gasteiger partial charge on any atom is -0.497 e. The fourth-order valence-corrected chi connectivity index (χ4v) is 2.81. The molecule has 0 spiro atoms. The topological polar surface area (TPSA) is 64.6 Å². The van der Waals surface area contributed by atoms with Gasteiger partial charge in [0.2, 0.25) is 0 Å². The lowest BCUT2D eigenvalue weighted by Crippen LogP contribution is -2.29. The van der Waals surface area contributed by atoms with Crippen molar-refractivity contribution in [3.8, 4) is 5.75 Å². The molecule has 0 heterocycles. The van der Waals surface area contributed by atoms with Crippen LogP contribution in [0.5, 0.6) is 5.75 Å². The minimum absolute atomic E-state index is 0.422. The van der Waals surface area contributed by atoms with Gasteiger partial charge in [-0.05, 0) is 71.8 Å². The van der Waals surface area contributed by atoms with Crippen molar-refractivity contribution in [2.75, 3.05) is 12.4 Å². The molecule has 3 aromatic rings. The maximum atomic E-state index is 12.2. The predicted molar refractivity (Wildman–Crippen MR) is 115 cm³/mol. The number of esters is 1. The van der Waals surface area contributed by atoms with Crippen LogP contribution in [0.15, 0.2) is 66.7 Å². The Morgan fingerprint density at radius 1 is 1.00 bits per heavy atom. The highest BCUT2D eigenvalue weighted by molar-refractivity contribution is 6.30. The third-order valence-corrected chi connectivity index (χ3v) is 4.51. The van der Waals surface area contributed by atoms with Crippen LogP contribution < -0.4 is 10.1 Å². The molecular formula is C23H20ClNO4. The second-order valence-electron chi connectivity index (χ2n) is 6.38. The third-order valence-electron chi connectivity index (χ3n) is 4.26. The van der Waals surface area contributed by atoms with Crippen LogP contribution in [-0.4, -0.2) is 25.1 Å². The quantitative estimate of drug-likeness (QED) is 0.455. The number of rotatable bonds is 6. The molecule has 0 saturated heterocycles. The van der Waals surface area contributed by atoms with Gasteiger partial charge in [-0.2, -0.15) is 0 Å². The molecule has 1 atom stereocenters. The first-order chi connectivity index (χ1) is 13.9. The summed E-state index contributed by atoms with van der Waals surface area (Å²) < 4.78 is 10.4. The Kier molecular flexibility index (Phi) is 6.52. The van der Waals surface area contributed by atoms with Gasteiger partial charge in [-0.1, -0.05) is 29.8 Å². The van der Waals surface area contributed by atoms with E-state index in [0.717, 1.165) is 22.1 Å². The van der Waals surface area contributed by atoms with E-state index in [9.17, 15) is 9.59 Å². The van der Waals surface area contributed by atoms with Crippen LogP contribution in [0.1, 0.15) is 12.5 Å². The van der Waals surface area contributed by atoms with Gasteiger partial charge in [-0.25, -0.2) is 4.79 Å². The standard InChI is InChI=1S/C23H20ClNO4/c1-15(23(27)25-20-9-7-19(24)8-10-20)29-22(26)12-4-16-3-5-18-14-21(28-2)11-6-17(18)13-16/h3-15H,1-2H3,(H,25,27)/b12-4+/t15-/m1/s1. The van der Waals surface area contributed by atoms with Crippen LogP contribution in [0, 0.1) is 0 Å². The van der Waals surface area contributed by atoms with E-state index in [-0.39, 0.29) is 0 Å². The number of halogens is 1. The highest BCUT2D eigenvalue weighted by Crippen LogP contribution is 2.22. The molecule has 3 rings (SSSR count). The van der Waals surface area contributed by atoms with Gasteiger partial charge < -0.3 is 14.8 Å². The molecule has 0 radical (unpaired) electrons. The molecule has 0 bridgehead atoms. The lowest BCUT2D eigenvalue weighted by Gasteiger charge is -2.12. The van der Waals surface area contributed by atoms with Gasteiger partial charge in [-0.15, -0.1) is 0 Å². The normalized spacial score (nSPS) is 12.0. The summed E-state index contributed by atoms with van der Waals surface area (Å²) in [5, 5.41) is 5.30.